The van der Waals surface area contributed by atoms with Crippen LogP contribution in [0.3, 0.4) is 0 Å². The quantitative estimate of drug-likeness (QED) is 0.705. The zero-order valence-electron chi connectivity index (χ0n) is 17.1. The van der Waals surface area contributed by atoms with E-state index < -0.39 is 6.04 Å². The Morgan fingerprint density at radius 3 is 2.72 bits per heavy atom. The largest absolute Gasteiger partial charge is 0.486 e. The van der Waals surface area contributed by atoms with Gasteiger partial charge < -0.3 is 19.1 Å². The van der Waals surface area contributed by atoms with E-state index in [1.807, 2.05) is 12.1 Å². The number of benzene rings is 1. The number of ether oxygens (including phenoxy) is 3. The first-order valence-electron chi connectivity index (χ1n) is 10.8. The van der Waals surface area contributed by atoms with Crippen molar-refractivity contribution in [2.24, 2.45) is 0 Å². The van der Waals surface area contributed by atoms with Crippen molar-refractivity contribution in [2.75, 3.05) is 39.5 Å². The number of rotatable bonds is 5. The number of carbonyl (C=O) groups is 2. The van der Waals surface area contributed by atoms with E-state index in [4.69, 9.17) is 14.2 Å². The van der Waals surface area contributed by atoms with E-state index in [-0.39, 0.29) is 17.9 Å². The van der Waals surface area contributed by atoms with E-state index in [0.29, 0.717) is 39.3 Å². The number of amides is 1. The van der Waals surface area contributed by atoms with Crippen molar-refractivity contribution in [3.05, 3.63) is 23.8 Å². The zero-order chi connectivity index (χ0) is 20.2. The molecule has 1 aromatic carbocycles. The standard InChI is InChI=1S/C22H30N2O5/c1-2-27-22(26)18-6-3-4-11-24(18)21(25)15-23-10-5-7-17(23)16-8-9-19-20(14-16)29-13-12-28-19/h8-9,14,17-18H,2-7,10-13,15H2,1H3. The fourth-order valence-corrected chi connectivity index (χ4v) is 4.64. The second kappa shape index (κ2) is 9.03. The van der Waals surface area contributed by atoms with Crippen molar-refractivity contribution in [3.63, 3.8) is 0 Å². The Labute approximate surface area is 171 Å². The van der Waals surface area contributed by atoms with Gasteiger partial charge in [0.1, 0.15) is 19.3 Å². The molecule has 3 aliphatic rings. The third kappa shape index (κ3) is 4.34. The van der Waals surface area contributed by atoms with Gasteiger partial charge in [0.2, 0.25) is 5.91 Å². The number of carbonyl (C=O) groups excluding carboxylic acids is 2. The average Bonchev–Trinajstić information content (AvgIpc) is 3.21. The highest BCUT2D eigenvalue weighted by molar-refractivity contribution is 5.86. The Balaban J connectivity index is 1.45. The molecule has 0 bridgehead atoms. The molecule has 2 saturated heterocycles. The summed E-state index contributed by atoms with van der Waals surface area (Å²) in [7, 11) is 0. The van der Waals surface area contributed by atoms with Crippen molar-refractivity contribution in [1.29, 1.82) is 0 Å². The molecular formula is C22H30N2O5. The highest BCUT2D eigenvalue weighted by Gasteiger charge is 2.36. The van der Waals surface area contributed by atoms with Gasteiger partial charge in [0.05, 0.1) is 13.2 Å². The summed E-state index contributed by atoms with van der Waals surface area (Å²) >= 11 is 0. The summed E-state index contributed by atoms with van der Waals surface area (Å²) < 4.78 is 16.6. The summed E-state index contributed by atoms with van der Waals surface area (Å²) in [4.78, 5) is 29.4. The van der Waals surface area contributed by atoms with Crippen LogP contribution in [0.15, 0.2) is 18.2 Å². The van der Waals surface area contributed by atoms with Gasteiger partial charge in [-0.3, -0.25) is 9.69 Å². The van der Waals surface area contributed by atoms with Crippen LogP contribution in [0.5, 0.6) is 11.5 Å². The molecule has 0 radical (unpaired) electrons. The lowest BCUT2D eigenvalue weighted by molar-refractivity contribution is -0.157. The Bertz CT molecular complexity index is 753. The number of hydrogen-bond donors (Lipinski definition) is 0. The van der Waals surface area contributed by atoms with Gasteiger partial charge in [-0.25, -0.2) is 4.79 Å². The smallest absolute Gasteiger partial charge is 0.328 e. The second-order valence-electron chi connectivity index (χ2n) is 7.88. The van der Waals surface area contributed by atoms with Gasteiger partial charge in [-0.05, 0) is 63.3 Å². The normalized spacial score (nSPS) is 24.4. The highest BCUT2D eigenvalue weighted by Crippen LogP contribution is 2.38. The fraction of sp³-hybridized carbons (Fsp3) is 0.636. The molecule has 3 aliphatic heterocycles. The Morgan fingerprint density at radius 1 is 1.07 bits per heavy atom. The lowest BCUT2D eigenvalue weighted by Gasteiger charge is -2.36. The van der Waals surface area contributed by atoms with Gasteiger partial charge in [-0.2, -0.15) is 0 Å². The molecule has 0 aliphatic carbocycles. The first-order valence-corrected chi connectivity index (χ1v) is 10.8. The van der Waals surface area contributed by atoms with Crippen LogP contribution in [0, 0.1) is 0 Å². The maximum absolute atomic E-state index is 13.1. The molecule has 0 N–H and O–H groups in total. The van der Waals surface area contributed by atoms with E-state index >= 15 is 0 Å². The lowest BCUT2D eigenvalue weighted by Crippen LogP contribution is -2.51. The van der Waals surface area contributed by atoms with E-state index in [0.717, 1.165) is 49.3 Å². The van der Waals surface area contributed by atoms with Gasteiger partial charge in [0, 0.05) is 12.6 Å². The minimum absolute atomic E-state index is 0.0206. The fourth-order valence-electron chi connectivity index (χ4n) is 4.64. The zero-order valence-corrected chi connectivity index (χ0v) is 17.1. The maximum atomic E-state index is 13.1. The van der Waals surface area contributed by atoms with Crippen LogP contribution in [-0.2, 0) is 14.3 Å². The predicted octanol–water partition coefficient (Wildman–Crippen LogP) is 2.54. The van der Waals surface area contributed by atoms with E-state index in [9.17, 15) is 9.59 Å². The first-order chi connectivity index (χ1) is 14.2. The van der Waals surface area contributed by atoms with Gasteiger partial charge in [-0.15, -0.1) is 0 Å². The van der Waals surface area contributed by atoms with Crippen molar-refractivity contribution >= 4 is 11.9 Å². The van der Waals surface area contributed by atoms with Crippen LogP contribution in [0.25, 0.3) is 0 Å². The van der Waals surface area contributed by atoms with Crippen molar-refractivity contribution in [2.45, 2.75) is 51.1 Å². The number of hydrogen-bond acceptors (Lipinski definition) is 6. The summed E-state index contributed by atoms with van der Waals surface area (Å²) in [6, 6.07) is 5.82. The molecule has 0 saturated carbocycles. The van der Waals surface area contributed by atoms with Crippen LogP contribution in [0.1, 0.15) is 50.6 Å². The second-order valence-corrected chi connectivity index (χ2v) is 7.88. The molecule has 4 rings (SSSR count). The average molecular weight is 402 g/mol. The molecule has 7 heteroatoms. The third-order valence-electron chi connectivity index (χ3n) is 6.03. The number of nitrogens with zero attached hydrogens (tertiary/aromatic N) is 2. The number of piperidine rings is 1. The van der Waals surface area contributed by atoms with Gasteiger partial charge in [-0.1, -0.05) is 6.07 Å². The van der Waals surface area contributed by atoms with Gasteiger partial charge in [0.15, 0.2) is 11.5 Å². The van der Waals surface area contributed by atoms with Gasteiger partial charge >= 0.3 is 5.97 Å². The number of fused-ring (bicyclic) bond motifs is 1. The van der Waals surface area contributed by atoms with Crippen LogP contribution in [0.2, 0.25) is 0 Å². The third-order valence-corrected chi connectivity index (χ3v) is 6.03. The summed E-state index contributed by atoms with van der Waals surface area (Å²) in [6.07, 6.45) is 4.64. The van der Waals surface area contributed by atoms with E-state index in [1.54, 1.807) is 11.8 Å². The van der Waals surface area contributed by atoms with E-state index in [1.165, 1.54) is 0 Å². The molecule has 1 aromatic rings. The molecule has 2 atom stereocenters. The maximum Gasteiger partial charge on any atom is 0.328 e. The molecular weight excluding hydrogens is 372 g/mol. The summed E-state index contributed by atoms with van der Waals surface area (Å²) in [5.74, 6) is 1.31. The molecule has 2 unspecified atom stereocenters. The van der Waals surface area contributed by atoms with Crippen LogP contribution in [-0.4, -0.2) is 67.2 Å². The summed E-state index contributed by atoms with van der Waals surface area (Å²) in [6.45, 7) is 5.12. The van der Waals surface area contributed by atoms with Crippen molar-refractivity contribution in [1.82, 2.24) is 9.80 Å². The monoisotopic (exact) mass is 402 g/mol. The molecule has 3 heterocycles. The number of likely N-dealkylation sites (tertiary alicyclic amines) is 2. The Hall–Kier alpha value is -2.28. The minimum Gasteiger partial charge on any atom is -0.486 e. The molecule has 1 amide bonds. The van der Waals surface area contributed by atoms with Crippen LogP contribution >= 0.6 is 0 Å². The topological polar surface area (TPSA) is 68.3 Å². The highest BCUT2D eigenvalue weighted by atomic mass is 16.6. The molecule has 7 nitrogen and oxygen atoms in total. The van der Waals surface area contributed by atoms with Crippen molar-refractivity contribution < 1.29 is 23.8 Å². The predicted molar refractivity (Wildman–Crippen MR) is 107 cm³/mol. The SMILES string of the molecule is CCOC(=O)C1CCCCN1C(=O)CN1CCCC1c1ccc2c(c1)OCCO2. The van der Waals surface area contributed by atoms with Gasteiger partial charge in [0.25, 0.3) is 0 Å². The van der Waals surface area contributed by atoms with Crippen molar-refractivity contribution in [3.8, 4) is 11.5 Å². The van der Waals surface area contributed by atoms with E-state index in [2.05, 4.69) is 11.0 Å². The Kier molecular flexibility index (Phi) is 6.23. The Morgan fingerprint density at radius 2 is 1.90 bits per heavy atom. The van der Waals surface area contributed by atoms with Crippen LogP contribution < -0.4 is 9.47 Å². The molecule has 29 heavy (non-hydrogen) atoms. The lowest BCUT2D eigenvalue weighted by atomic mass is 10.0. The van der Waals surface area contributed by atoms with Crippen LogP contribution in [0.4, 0.5) is 0 Å². The molecule has 2 fully saturated rings. The molecule has 0 aromatic heterocycles. The number of esters is 1. The molecule has 158 valence electrons. The first kappa shape index (κ1) is 20.0. The summed E-state index contributed by atoms with van der Waals surface area (Å²) in [5.41, 5.74) is 1.15. The molecule has 0 spiro atoms. The minimum atomic E-state index is -0.438. The summed E-state index contributed by atoms with van der Waals surface area (Å²) in [5, 5.41) is 0.